The summed E-state index contributed by atoms with van der Waals surface area (Å²) in [6.07, 6.45) is 3.22. The SMILES string of the molecule is CSCCN1CCN(C(=O)CCc2c(C)nc(=O)[nH]c2C)CC1. The van der Waals surface area contributed by atoms with E-state index in [1.165, 1.54) is 0 Å². The Morgan fingerprint density at radius 2 is 1.96 bits per heavy atom. The number of hydrogen-bond acceptors (Lipinski definition) is 5. The highest BCUT2D eigenvalue weighted by Crippen LogP contribution is 2.12. The Bertz CT molecular complexity index is 568. The molecule has 6 nitrogen and oxygen atoms in total. The molecule has 0 atom stereocenters. The van der Waals surface area contributed by atoms with Gasteiger partial charge in [0.05, 0.1) is 0 Å². The summed E-state index contributed by atoms with van der Waals surface area (Å²) in [5.74, 6) is 1.34. The van der Waals surface area contributed by atoms with Crippen LogP contribution >= 0.6 is 11.8 Å². The number of aromatic nitrogens is 2. The molecule has 128 valence electrons. The normalized spacial score (nSPS) is 15.9. The van der Waals surface area contributed by atoms with Crippen LogP contribution in [0.15, 0.2) is 4.79 Å². The first-order chi connectivity index (χ1) is 11.0. The maximum absolute atomic E-state index is 12.4. The molecule has 1 aliphatic heterocycles. The molecule has 0 saturated carbocycles. The Kier molecular flexibility index (Phi) is 6.65. The van der Waals surface area contributed by atoms with E-state index < -0.39 is 0 Å². The Morgan fingerprint density at radius 3 is 2.57 bits per heavy atom. The summed E-state index contributed by atoms with van der Waals surface area (Å²) in [6.45, 7) is 8.34. The lowest BCUT2D eigenvalue weighted by Gasteiger charge is -2.34. The van der Waals surface area contributed by atoms with E-state index in [4.69, 9.17) is 0 Å². The smallest absolute Gasteiger partial charge is 0.340 e. The minimum Gasteiger partial charge on any atom is -0.340 e. The quantitative estimate of drug-likeness (QED) is 0.832. The van der Waals surface area contributed by atoms with Crippen LogP contribution in [0, 0.1) is 13.8 Å². The third kappa shape index (κ3) is 5.07. The average Bonchev–Trinajstić information content (AvgIpc) is 2.52. The molecule has 1 saturated heterocycles. The second-order valence-electron chi connectivity index (χ2n) is 5.95. The molecule has 23 heavy (non-hydrogen) atoms. The highest BCUT2D eigenvalue weighted by molar-refractivity contribution is 7.98. The van der Waals surface area contributed by atoms with Crippen LogP contribution in [0.4, 0.5) is 0 Å². The minimum absolute atomic E-state index is 0.194. The second kappa shape index (κ2) is 8.49. The third-order valence-corrected chi connectivity index (χ3v) is 4.97. The number of carbonyl (C=O) groups excluding carboxylic acids is 1. The number of nitrogens with zero attached hydrogens (tertiary/aromatic N) is 3. The number of carbonyl (C=O) groups is 1. The van der Waals surface area contributed by atoms with E-state index in [9.17, 15) is 9.59 Å². The summed E-state index contributed by atoms with van der Waals surface area (Å²) in [4.78, 5) is 34.7. The van der Waals surface area contributed by atoms with Crippen LogP contribution in [-0.2, 0) is 11.2 Å². The first-order valence-electron chi connectivity index (χ1n) is 8.06. The first-order valence-corrected chi connectivity index (χ1v) is 9.46. The van der Waals surface area contributed by atoms with Crippen molar-refractivity contribution in [2.45, 2.75) is 26.7 Å². The fraction of sp³-hybridized carbons (Fsp3) is 0.688. The number of amides is 1. The molecule has 1 N–H and O–H groups in total. The standard InChI is InChI=1S/C16H26N4O2S/c1-12-14(13(2)18-16(22)17-12)4-5-15(21)20-8-6-19(7-9-20)10-11-23-3/h4-11H2,1-3H3,(H,17,18,22). The highest BCUT2D eigenvalue weighted by Gasteiger charge is 2.21. The summed E-state index contributed by atoms with van der Waals surface area (Å²) >= 11 is 1.86. The molecule has 1 amide bonds. The molecule has 7 heteroatoms. The fourth-order valence-corrected chi connectivity index (χ4v) is 3.40. The fourth-order valence-electron chi connectivity index (χ4n) is 2.95. The van der Waals surface area contributed by atoms with Gasteiger partial charge in [0, 0.05) is 56.3 Å². The van der Waals surface area contributed by atoms with Crippen LogP contribution in [-0.4, -0.2) is 70.4 Å². The summed E-state index contributed by atoms with van der Waals surface area (Å²) in [6, 6.07) is 0. The minimum atomic E-state index is -0.323. The van der Waals surface area contributed by atoms with Crippen LogP contribution in [0.5, 0.6) is 0 Å². The number of H-pyrrole nitrogens is 1. The number of aryl methyl sites for hydroxylation is 2. The summed E-state index contributed by atoms with van der Waals surface area (Å²) in [5.41, 5.74) is 2.20. The predicted octanol–water partition coefficient (Wildman–Crippen LogP) is 0.827. The first kappa shape index (κ1) is 18.0. The van der Waals surface area contributed by atoms with Gasteiger partial charge >= 0.3 is 5.69 Å². The van der Waals surface area contributed by atoms with Gasteiger partial charge in [-0.1, -0.05) is 0 Å². The van der Waals surface area contributed by atoms with Crippen molar-refractivity contribution in [2.24, 2.45) is 0 Å². The number of aromatic amines is 1. The van der Waals surface area contributed by atoms with Gasteiger partial charge in [0.15, 0.2) is 0 Å². The Labute approximate surface area is 141 Å². The predicted molar refractivity (Wildman–Crippen MR) is 94.1 cm³/mol. The number of hydrogen-bond donors (Lipinski definition) is 1. The van der Waals surface area contributed by atoms with Crippen LogP contribution in [0.3, 0.4) is 0 Å². The molecule has 0 unspecified atom stereocenters. The van der Waals surface area contributed by atoms with E-state index >= 15 is 0 Å². The zero-order chi connectivity index (χ0) is 16.8. The topological polar surface area (TPSA) is 69.3 Å². The molecular formula is C16H26N4O2S. The molecule has 1 aromatic rings. The lowest BCUT2D eigenvalue weighted by molar-refractivity contribution is -0.132. The monoisotopic (exact) mass is 338 g/mol. The molecule has 0 aliphatic carbocycles. The van der Waals surface area contributed by atoms with E-state index in [0.717, 1.165) is 55.4 Å². The number of rotatable bonds is 6. The van der Waals surface area contributed by atoms with Crippen molar-refractivity contribution >= 4 is 17.7 Å². The largest absolute Gasteiger partial charge is 0.345 e. The van der Waals surface area contributed by atoms with Gasteiger partial charge in [-0.25, -0.2) is 4.79 Å². The molecule has 0 aromatic carbocycles. The summed E-state index contributed by atoms with van der Waals surface area (Å²) in [5, 5.41) is 0. The van der Waals surface area contributed by atoms with E-state index in [1.807, 2.05) is 30.5 Å². The van der Waals surface area contributed by atoms with Crippen molar-refractivity contribution in [3.05, 3.63) is 27.4 Å². The van der Waals surface area contributed by atoms with E-state index in [2.05, 4.69) is 21.1 Å². The molecule has 1 aliphatic rings. The Morgan fingerprint density at radius 1 is 1.26 bits per heavy atom. The van der Waals surface area contributed by atoms with Gasteiger partial charge in [-0.15, -0.1) is 0 Å². The van der Waals surface area contributed by atoms with Crippen molar-refractivity contribution in [3.63, 3.8) is 0 Å². The average molecular weight is 338 g/mol. The maximum Gasteiger partial charge on any atom is 0.345 e. The zero-order valence-corrected chi connectivity index (χ0v) is 15.0. The van der Waals surface area contributed by atoms with Crippen LogP contribution < -0.4 is 5.69 Å². The summed E-state index contributed by atoms with van der Waals surface area (Å²) in [7, 11) is 0. The van der Waals surface area contributed by atoms with E-state index in [-0.39, 0.29) is 11.6 Å². The van der Waals surface area contributed by atoms with Crippen LogP contribution in [0.2, 0.25) is 0 Å². The molecule has 0 spiro atoms. The van der Waals surface area contributed by atoms with Crippen molar-refractivity contribution in [1.29, 1.82) is 0 Å². The molecule has 2 rings (SSSR count). The molecule has 2 heterocycles. The van der Waals surface area contributed by atoms with Crippen molar-refractivity contribution < 1.29 is 4.79 Å². The molecular weight excluding hydrogens is 312 g/mol. The van der Waals surface area contributed by atoms with Crippen molar-refractivity contribution in [3.8, 4) is 0 Å². The van der Waals surface area contributed by atoms with Crippen molar-refractivity contribution in [1.82, 2.24) is 19.8 Å². The Balaban J connectivity index is 1.83. The van der Waals surface area contributed by atoms with E-state index in [1.54, 1.807) is 0 Å². The van der Waals surface area contributed by atoms with Gasteiger partial charge in [0.1, 0.15) is 0 Å². The number of piperazine rings is 1. The lowest BCUT2D eigenvalue weighted by Crippen LogP contribution is -2.49. The van der Waals surface area contributed by atoms with Gasteiger partial charge in [0.2, 0.25) is 5.91 Å². The van der Waals surface area contributed by atoms with Gasteiger partial charge in [0.25, 0.3) is 0 Å². The van der Waals surface area contributed by atoms with Gasteiger partial charge in [-0.05, 0) is 32.1 Å². The molecule has 0 bridgehead atoms. The Hall–Kier alpha value is -1.34. The van der Waals surface area contributed by atoms with Crippen molar-refractivity contribution in [2.75, 3.05) is 44.7 Å². The summed E-state index contributed by atoms with van der Waals surface area (Å²) < 4.78 is 0. The van der Waals surface area contributed by atoms with Crippen LogP contribution in [0.25, 0.3) is 0 Å². The van der Waals surface area contributed by atoms with Gasteiger partial charge < -0.3 is 9.88 Å². The van der Waals surface area contributed by atoms with Crippen LogP contribution in [0.1, 0.15) is 23.4 Å². The van der Waals surface area contributed by atoms with Gasteiger partial charge in [-0.2, -0.15) is 16.7 Å². The number of thioether (sulfide) groups is 1. The zero-order valence-electron chi connectivity index (χ0n) is 14.2. The lowest BCUT2D eigenvalue weighted by atomic mass is 10.1. The second-order valence-corrected chi connectivity index (χ2v) is 6.93. The highest BCUT2D eigenvalue weighted by atomic mass is 32.2. The molecule has 0 radical (unpaired) electrons. The molecule has 1 fully saturated rings. The third-order valence-electron chi connectivity index (χ3n) is 4.38. The van der Waals surface area contributed by atoms with Gasteiger partial charge in [-0.3, -0.25) is 9.69 Å². The van der Waals surface area contributed by atoms with E-state index in [0.29, 0.717) is 12.8 Å². The number of nitrogens with one attached hydrogen (secondary N) is 1. The maximum atomic E-state index is 12.4. The molecule has 1 aromatic heterocycles.